The Hall–Kier alpha value is -1.55. The van der Waals surface area contributed by atoms with Gasteiger partial charge in [0.05, 0.1) is 16.8 Å². The first kappa shape index (κ1) is 15.8. The topological polar surface area (TPSA) is 44.4 Å². The highest BCUT2D eigenvalue weighted by atomic mass is 16.2. The van der Waals surface area contributed by atoms with Crippen LogP contribution in [0.15, 0.2) is 24.3 Å². The van der Waals surface area contributed by atoms with Crippen LogP contribution >= 0.6 is 0 Å². The first-order valence-corrected chi connectivity index (χ1v) is 7.87. The van der Waals surface area contributed by atoms with Crippen LogP contribution in [0.5, 0.6) is 0 Å². The number of amides is 1. The molecule has 1 fully saturated rings. The molecule has 0 spiro atoms. The second kappa shape index (κ2) is 6.94. The molecule has 0 unspecified atom stereocenters. The lowest BCUT2D eigenvalue weighted by molar-refractivity contribution is -0.127. The largest absolute Gasteiger partial charge is 0.376 e. The van der Waals surface area contributed by atoms with E-state index in [2.05, 4.69) is 17.6 Å². The summed E-state index contributed by atoms with van der Waals surface area (Å²) >= 11 is 0. The number of anilines is 2. The van der Waals surface area contributed by atoms with Gasteiger partial charge in [0.1, 0.15) is 0 Å². The minimum Gasteiger partial charge on any atom is -0.376 e. The van der Waals surface area contributed by atoms with Gasteiger partial charge in [-0.1, -0.05) is 25.5 Å². The minimum absolute atomic E-state index is 0.181. The molecular weight excluding hydrogens is 262 g/mol. The molecule has 1 aliphatic heterocycles. The normalized spacial score (nSPS) is 17.3. The number of benzene rings is 1. The molecule has 1 aromatic carbocycles. The van der Waals surface area contributed by atoms with Gasteiger partial charge in [0.15, 0.2) is 0 Å². The molecule has 1 aliphatic rings. The van der Waals surface area contributed by atoms with Gasteiger partial charge in [0.25, 0.3) is 0 Å². The number of piperidine rings is 1. The standard InChI is InChI=1S/C17H27N3O/c1-4-9-17(10-12-18-13-11-17)16(21)19-14-7-5-6-8-15(14)20(2)3/h5-8,18H,4,9-13H2,1-3H3,(H,19,21). The van der Waals surface area contributed by atoms with E-state index in [0.717, 1.165) is 50.1 Å². The number of carbonyl (C=O) groups excluding carboxylic acids is 1. The lowest BCUT2D eigenvalue weighted by Gasteiger charge is -2.36. The number of rotatable bonds is 5. The summed E-state index contributed by atoms with van der Waals surface area (Å²) in [7, 11) is 3.99. The van der Waals surface area contributed by atoms with E-state index in [9.17, 15) is 4.79 Å². The van der Waals surface area contributed by atoms with E-state index >= 15 is 0 Å². The predicted octanol–water partition coefficient (Wildman–Crippen LogP) is 2.86. The Morgan fingerprint density at radius 1 is 1.29 bits per heavy atom. The Morgan fingerprint density at radius 3 is 2.57 bits per heavy atom. The molecule has 0 bridgehead atoms. The molecule has 21 heavy (non-hydrogen) atoms. The van der Waals surface area contributed by atoms with Gasteiger partial charge in [-0.2, -0.15) is 0 Å². The fourth-order valence-electron chi connectivity index (χ4n) is 3.20. The van der Waals surface area contributed by atoms with Gasteiger partial charge < -0.3 is 15.5 Å². The van der Waals surface area contributed by atoms with Gasteiger partial charge in [0, 0.05) is 14.1 Å². The zero-order valence-electron chi connectivity index (χ0n) is 13.4. The first-order chi connectivity index (χ1) is 10.1. The fourth-order valence-corrected chi connectivity index (χ4v) is 3.20. The van der Waals surface area contributed by atoms with E-state index in [-0.39, 0.29) is 11.3 Å². The van der Waals surface area contributed by atoms with Gasteiger partial charge in [-0.15, -0.1) is 0 Å². The summed E-state index contributed by atoms with van der Waals surface area (Å²) in [5.74, 6) is 0.181. The molecule has 1 aromatic rings. The molecule has 1 saturated heterocycles. The first-order valence-electron chi connectivity index (χ1n) is 7.87. The van der Waals surface area contributed by atoms with Gasteiger partial charge in [0.2, 0.25) is 5.91 Å². The van der Waals surface area contributed by atoms with E-state index in [1.807, 2.05) is 43.3 Å². The van der Waals surface area contributed by atoms with Crippen molar-refractivity contribution < 1.29 is 4.79 Å². The summed E-state index contributed by atoms with van der Waals surface area (Å²) in [6, 6.07) is 7.98. The Kier molecular flexibility index (Phi) is 5.23. The monoisotopic (exact) mass is 289 g/mol. The lowest BCUT2D eigenvalue weighted by atomic mass is 9.74. The number of hydrogen-bond acceptors (Lipinski definition) is 3. The molecule has 1 heterocycles. The molecule has 0 aliphatic carbocycles. The summed E-state index contributed by atoms with van der Waals surface area (Å²) in [6.07, 6.45) is 3.86. The van der Waals surface area contributed by atoms with Crippen LogP contribution in [-0.4, -0.2) is 33.1 Å². The van der Waals surface area contributed by atoms with Gasteiger partial charge in [-0.3, -0.25) is 4.79 Å². The van der Waals surface area contributed by atoms with Gasteiger partial charge in [-0.05, 0) is 44.5 Å². The third kappa shape index (κ3) is 3.56. The molecule has 0 saturated carbocycles. The highest BCUT2D eigenvalue weighted by molar-refractivity contribution is 5.98. The Labute approximate surface area is 127 Å². The van der Waals surface area contributed by atoms with E-state index in [1.165, 1.54) is 0 Å². The number of carbonyl (C=O) groups is 1. The third-order valence-corrected chi connectivity index (χ3v) is 4.40. The maximum atomic E-state index is 12.9. The average Bonchev–Trinajstić information content (AvgIpc) is 2.49. The summed E-state index contributed by atoms with van der Waals surface area (Å²) in [6.45, 7) is 4.02. The molecule has 2 rings (SSSR count). The van der Waals surface area contributed by atoms with E-state index in [4.69, 9.17) is 0 Å². The van der Waals surface area contributed by atoms with Crippen LogP contribution in [0.2, 0.25) is 0 Å². The van der Waals surface area contributed by atoms with Crippen LogP contribution in [0.1, 0.15) is 32.6 Å². The van der Waals surface area contributed by atoms with Crippen LogP contribution in [0.3, 0.4) is 0 Å². The maximum absolute atomic E-state index is 12.9. The number of para-hydroxylation sites is 2. The molecule has 0 radical (unpaired) electrons. The zero-order chi connectivity index (χ0) is 15.3. The highest BCUT2D eigenvalue weighted by Crippen LogP contribution is 2.36. The van der Waals surface area contributed by atoms with Crippen molar-refractivity contribution in [3.63, 3.8) is 0 Å². The summed E-state index contributed by atoms with van der Waals surface area (Å²) in [5.41, 5.74) is 1.74. The molecule has 0 atom stereocenters. The second-order valence-electron chi connectivity index (χ2n) is 6.15. The van der Waals surface area contributed by atoms with E-state index in [0.29, 0.717) is 0 Å². The van der Waals surface area contributed by atoms with Crippen molar-refractivity contribution in [2.45, 2.75) is 32.6 Å². The van der Waals surface area contributed by atoms with Crippen molar-refractivity contribution in [1.29, 1.82) is 0 Å². The minimum atomic E-state index is -0.209. The summed E-state index contributed by atoms with van der Waals surface area (Å²) in [5, 5.41) is 6.54. The Morgan fingerprint density at radius 2 is 1.95 bits per heavy atom. The summed E-state index contributed by atoms with van der Waals surface area (Å²) in [4.78, 5) is 14.9. The van der Waals surface area contributed by atoms with E-state index < -0.39 is 0 Å². The number of nitrogens with one attached hydrogen (secondary N) is 2. The average molecular weight is 289 g/mol. The predicted molar refractivity (Wildman–Crippen MR) is 88.8 cm³/mol. The summed E-state index contributed by atoms with van der Waals surface area (Å²) < 4.78 is 0. The van der Waals surface area contributed by atoms with Crippen molar-refractivity contribution in [3.8, 4) is 0 Å². The molecule has 4 nitrogen and oxygen atoms in total. The molecule has 116 valence electrons. The van der Waals surface area contributed by atoms with Crippen LogP contribution < -0.4 is 15.5 Å². The van der Waals surface area contributed by atoms with Crippen LogP contribution in [0.25, 0.3) is 0 Å². The molecule has 2 N–H and O–H groups in total. The quantitative estimate of drug-likeness (QED) is 0.876. The Balaban J connectivity index is 2.19. The van der Waals surface area contributed by atoms with Crippen molar-refractivity contribution >= 4 is 17.3 Å². The van der Waals surface area contributed by atoms with Crippen LogP contribution in [0.4, 0.5) is 11.4 Å². The van der Waals surface area contributed by atoms with Crippen molar-refractivity contribution in [2.24, 2.45) is 5.41 Å². The third-order valence-electron chi connectivity index (χ3n) is 4.40. The van der Waals surface area contributed by atoms with Crippen LogP contribution in [-0.2, 0) is 4.79 Å². The van der Waals surface area contributed by atoms with Crippen molar-refractivity contribution in [1.82, 2.24) is 5.32 Å². The number of hydrogen-bond donors (Lipinski definition) is 2. The van der Waals surface area contributed by atoms with Crippen LogP contribution in [0, 0.1) is 5.41 Å². The zero-order valence-corrected chi connectivity index (χ0v) is 13.4. The number of nitrogens with zero attached hydrogens (tertiary/aromatic N) is 1. The lowest BCUT2D eigenvalue weighted by Crippen LogP contribution is -2.45. The highest BCUT2D eigenvalue weighted by Gasteiger charge is 2.38. The van der Waals surface area contributed by atoms with Gasteiger partial charge >= 0.3 is 0 Å². The van der Waals surface area contributed by atoms with E-state index in [1.54, 1.807) is 0 Å². The van der Waals surface area contributed by atoms with Gasteiger partial charge in [-0.25, -0.2) is 0 Å². The molecule has 1 amide bonds. The SMILES string of the molecule is CCCC1(C(=O)Nc2ccccc2N(C)C)CCNCC1. The fraction of sp³-hybridized carbons (Fsp3) is 0.588. The van der Waals surface area contributed by atoms with Crippen molar-refractivity contribution in [2.75, 3.05) is 37.4 Å². The Bertz CT molecular complexity index is 473. The second-order valence-corrected chi connectivity index (χ2v) is 6.15. The smallest absolute Gasteiger partial charge is 0.230 e. The molecule has 0 aromatic heterocycles. The molecular formula is C17H27N3O. The molecule has 4 heteroatoms. The maximum Gasteiger partial charge on any atom is 0.230 e. The van der Waals surface area contributed by atoms with Crippen molar-refractivity contribution in [3.05, 3.63) is 24.3 Å².